The van der Waals surface area contributed by atoms with Gasteiger partial charge in [0, 0.05) is 52.2 Å². The first-order valence-electron chi connectivity index (χ1n) is 9.71. The van der Waals surface area contributed by atoms with Gasteiger partial charge in [-0.25, -0.2) is 9.97 Å². The van der Waals surface area contributed by atoms with Crippen LogP contribution in [0.3, 0.4) is 0 Å². The van der Waals surface area contributed by atoms with E-state index >= 15 is 0 Å². The number of halogens is 3. The van der Waals surface area contributed by atoms with Gasteiger partial charge in [0.05, 0.1) is 17.9 Å². The van der Waals surface area contributed by atoms with Crippen molar-refractivity contribution >= 4 is 11.7 Å². The van der Waals surface area contributed by atoms with Crippen molar-refractivity contribution in [2.75, 3.05) is 38.2 Å². The molecule has 3 rings (SSSR count). The summed E-state index contributed by atoms with van der Waals surface area (Å²) in [5.74, 6) is 1.28. The molecule has 0 unspecified atom stereocenters. The summed E-state index contributed by atoms with van der Waals surface area (Å²) < 4.78 is 44.7. The maximum absolute atomic E-state index is 13.1. The molecule has 1 aromatic heterocycles. The lowest BCUT2D eigenvalue weighted by Crippen LogP contribution is -2.48. The molecule has 0 N–H and O–H groups in total. The molecule has 1 saturated heterocycles. The molecule has 0 saturated carbocycles. The minimum atomic E-state index is -4.40. The van der Waals surface area contributed by atoms with E-state index in [1.807, 2.05) is 0 Å². The molecule has 1 aromatic carbocycles. The Morgan fingerprint density at radius 3 is 2.47 bits per heavy atom. The Kier molecular flexibility index (Phi) is 6.60. The first-order chi connectivity index (χ1) is 14.2. The van der Waals surface area contributed by atoms with E-state index in [9.17, 15) is 18.0 Å². The van der Waals surface area contributed by atoms with Crippen LogP contribution in [0.5, 0.6) is 0 Å². The third-order valence-electron chi connectivity index (χ3n) is 5.12. The number of carbonyl (C=O) groups excluding carboxylic acids is 1. The fraction of sp³-hybridized carbons (Fsp3) is 0.476. The zero-order valence-electron chi connectivity index (χ0n) is 17.3. The predicted molar refractivity (Wildman–Crippen MR) is 106 cm³/mol. The van der Waals surface area contributed by atoms with Gasteiger partial charge in [0.25, 0.3) is 0 Å². The van der Waals surface area contributed by atoms with Crippen molar-refractivity contribution in [1.82, 2.24) is 14.9 Å². The van der Waals surface area contributed by atoms with E-state index in [-0.39, 0.29) is 18.9 Å². The van der Waals surface area contributed by atoms with Crippen LogP contribution in [-0.2, 0) is 28.7 Å². The van der Waals surface area contributed by atoms with Gasteiger partial charge in [0.2, 0.25) is 5.91 Å². The first kappa shape index (κ1) is 22.0. The molecule has 0 radical (unpaired) electrons. The average molecular weight is 422 g/mol. The summed E-state index contributed by atoms with van der Waals surface area (Å²) in [7, 11) is 1.55. The third kappa shape index (κ3) is 5.08. The molecule has 1 amide bonds. The van der Waals surface area contributed by atoms with Gasteiger partial charge in [-0.1, -0.05) is 18.2 Å². The summed E-state index contributed by atoms with van der Waals surface area (Å²) in [5.41, 5.74) is 1.25. The molecule has 9 heteroatoms. The fourth-order valence-corrected chi connectivity index (χ4v) is 3.63. The first-order valence-corrected chi connectivity index (χ1v) is 9.71. The summed E-state index contributed by atoms with van der Waals surface area (Å²) in [4.78, 5) is 24.6. The molecule has 6 nitrogen and oxygen atoms in total. The van der Waals surface area contributed by atoms with E-state index in [4.69, 9.17) is 4.74 Å². The molecular weight excluding hydrogens is 397 g/mol. The highest BCUT2D eigenvalue weighted by Gasteiger charge is 2.31. The van der Waals surface area contributed by atoms with E-state index in [0.717, 1.165) is 17.7 Å². The van der Waals surface area contributed by atoms with Gasteiger partial charge in [-0.2, -0.15) is 13.2 Å². The number of benzene rings is 1. The monoisotopic (exact) mass is 422 g/mol. The smallest absolute Gasteiger partial charge is 0.378 e. The fourth-order valence-electron chi connectivity index (χ4n) is 3.63. The summed E-state index contributed by atoms with van der Waals surface area (Å²) in [6.07, 6.45) is -4.15. The Morgan fingerprint density at radius 1 is 1.17 bits per heavy atom. The summed E-state index contributed by atoms with van der Waals surface area (Å²) >= 11 is 0. The zero-order valence-corrected chi connectivity index (χ0v) is 17.3. The van der Waals surface area contributed by atoms with Gasteiger partial charge in [-0.05, 0) is 18.6 Å². The number of ether oxygens (including phenoxy) is 1. The van der Waals surface area contributed by atoms with Gasteiger partial charge in [-0.3, -0.25) is 4.79 Å². The average Bonchev–Trinajstić information content (AvgIpc) is 2.69. The number of piperazine rings is 1. The van der Waals surface area contributed by atoms with E-state index in [2.05, 4.69) is 14.9 Å². The number of alkyl halides is 3. The van der Waals surface area contributed by atoms with Crippen LogP contribution in [0.25, 0.3) is 0 Å². The highest BCUT2D eigenvalue weighted by Crippen LogP contribution is 2.31. The number of anilines is 1. The van der Waals surface area contributed by atoms with Gasteiger partial charge in [-0.15, -0.1) is 0 Å². The van der Waals surface area contributed by atoms with Crippen LogP contribution in [-0.4, -0.2) is 54.1 Å². The third-order valence-corrected chi connectivity index (χ3v) is 5.12. The number of hydrogen-bond donors (Lipinski definition) is 0. The van der Waals surface area contributed by atoms with Crippen LogP contribution in [0.2, 0.25) is 0 Å². The second kappa shape index (κ2) is 8.99. The van der Waals surface area contributed by atoms with Crippen LogP contribution in [0.1, 0.15) is 35.1 Å². The van der Waals surface area contributed by atoms with Crippen LogP contribution in [0, 0.1) is 6.92 Å². The summed E-state index contributed by atoms with van der Waals surface area (Å²) in [6.45, 7) is 5.89. The number of carbonyl (C=O) groups is 1. The number of nitrogens with zero attached hydrogens (tertiary/aromatic N) is 4. The van der Waals surface area contributed by atoms with E-state index < -0.39 is 11.7 Å². The molecular formula is C21H25F3N4O2. The Labute approximate surface area is 173 Å². The molecule has 0 spiro atoms. The molecule has 1 fully saturated rings. The maximum Gasteiger partial charge on any atom is 0.416 e. The summed E-state index contributed by atoms with van der Waals surface area (Å²) in [6, 6.07) is 5.30. The van der Waals surface area contributed by atoms with Crippen molar-refractivity contribution in [2.45, 2.75) is 33.1 Å². The van der Waals surface area contributed by atoms with Crippen molar-refractivity contribution < 1.29 is 22.7 Å². The number of aromatic nitrogens is 2. The lowest BCUT2D eigenvalue weighted by molar-refractivity contribution is -0.137. The SMILES string of the molecule is COCc1nc(C)nc(N2CCN(C(C)=O)CC2)c1Cc1cccc(C(F)(F)F)c1. The van der Waals surface area contributed by atoms with Gasteiger partial charge < -0.3 is 14.5 Å². The zero-order chi connectivity index (χ0) is 21.9. The van der Waals surface area contributed by atoms with E-state index in [1.165, 1.54) is 6.07 Å². The molecule has 2 aromatic rings. The number of rotatable bonds is 5. The summed E-state index contributed by atoms with van der Waals surface area (Å²) in [5, 5.41) is 0. The number of hydrogen-bond acceptors (Lipinski definition) is 5. The molecule has 0 bridgehead atoms. The van der Waals surface area contributed by atoms with Crippen molar-refractivity contribution in [2.24, 2.45) is 0 Å². The van der Waals surface area contributed by atoms with Crippen LogP contribution in [0.15, 0.2) is 24.3 Å². The highest BCUT2D eigenvalue weighted by atomic mass is 19.4. The lowest BCUT2D eigenvalue weighted by Gasteiger charge is -2.36. The molecule has 2 heterocycles. The number of aryl methyl sites for hydroxylation is 1. The standard InChI is InChI=1S/C21H25F3N4O2/c1-14-25-19(13-30-3)18(12-16-5-4-6-17(11-16)21(22,23)24)20(26-14)28-9-7-27(8-10-28)15(2)29/h4-6,11H,7-10,12-13H2,1-3H3. The van der Waals surface area contributed by atoms with Crippen molar-refractivity contribution in [3.8, 4) is 0 Å². The Morgan fingerprint density at radius 2 is 1.87 bits per heavy atom. The Balaban J connectivity index is 1.97. The second-order valence-electron chi connectivity index (χ2n) is 7.32. The van der Waals surface area contributed by atoms with Crippen molar-refractivity contribution in [3.05, 3.63) is 52.5 Å². The molecule has 1 aliphatic rings. The van der Waals surface area contributed by atoms with Gasteiger partial charge >= 0.3 is 6.18 Å². The topological polar surface area (TPSA) is 58.6 Å². The molecule has 1 aliphatic heterocycles. The van der Waals surface area contributed by atoms with Crippen molar-refractivity contribution in [1.29, 1.82) is 0 Å². The largest absolute Gasteiger partial charge is 0.416 e. The maximum atomic E-state index is 13.1. The van der Waals surface area contributed by atoms with E-state index in [0.29, 0.717) is 49.1 Å². The lowest BCUT2D eigenvalue weighted by atomic mass is 10.0. The molecule has 162 valence electrons. The second-order valence-corrected chi connectivity index (χ2v) is 7.32. The highest BCUT2D eigenvalue weighted by molar-refractivity contribution is 5.73. The van der Waals surface area contributed by atoms with Crippen LogP contribution in [0.4, 0.5) is 19.0 Å². The molecule has 0 aliphatic carbocycles. The van der Waals surface area contributed by atoms with Crippen LogP contribution >= 0.6 is 0 Å². The minimum Gasteiger partial charge on any atom is -0.378 e. The molecule has 0 atom stereocenters. The van der Waals surface area contributed by atoms with Gasteiger partial charge in [0.1, 0.15) is 11.6 Å². The quantitative estimate of drug-likeness (QED) is 0.741. The Hall–Kier alpha value is -2.68. The number of methoxy groups -OCH3 is 1. The normalized spacial score (nSPS) is 14.9. The van der Waals surface area contributed by atoms with Crippen molar-refractivity contribution in [3.63, 3.8) is 0 Å². The van der Waals surface area contributed by atoms with Gasteiger partial charge in [0.15, 0.2) is 0 Å². The predicted octanol–water partition coefficient (Wildman–Crippen LogP) is 3.21. The Bertz CT molecular complexity index is 910. The minimum absolute atomic E-state index is 0.0257. The molecule has 30 heavy (non-hydrogen) atoms. The number of amides is 1. The van der Waals surface area contributed by atoms with E-state index in [1.54, 1.807) is 31.9 Å². The van der Waals surface area contributed by atoms with Crippen LogP contribution < -0.4 is 4.90 Å².